The van der Waals surface area contributed by atoms with E-state index in [4.69, 9.17) is 9.47 Å². The van der Waals surface area contributed by atoms with E-state index in [-0.39, 0.29) is 11.3 Å². The van der Waals surface area contributed by atoms with E-state index >= 15 is 0 Å². The van der Waals surface area contributed by atoms with E-state index in [1.807, 2.05) is 42.5 Å². The molecule has 2 aliphatic rings. The molecule has 4 nitrogen and oxygen atoms in total. The first-order chi connectivity index (χ1) is 15.3. The summed E-state index contributed by atoms with van der Waals surface area (Å²) in [5.74, 6) is 1.55. The fourth-order valence-corrected chi connectivity index (χ4v) is 5.13. The van der Waals surface area contributed by atoms with Crippen LogP contribution >= 0.6 is 0 Å². The minimum Gasteiger partial charge on any atom is -0.496 e. The number of carbonyl (C=O) groups is 1. The molecule has 2 heterocycles. The maximum absolute atomic E-state index is 12.5. The lowest BCUT2D eigenvalue weighted by atomic mass is 9.79. The summed E-state index contributed by atoms with van der Waals surface area (Å²) in [5.41, 5.74) is 7.87. The lowest BCUT2D eigenvalue weighted by Gasteiger charge is -2.37. The van der Waals surface area contributed by atoms with Gasteiger partial charge in [0.05, 0.1) is 18.2 Å². The number of hydrogen-bond donors (Lipinski definition) is 1. The molecule has 2 aliphatic heterocycles. The minimum atomic E-state index is -0.411. The number of carbonyl (C=O) groups excluding carboxylic acids is 1. The summed E-state index contributed by atoms with van der Waals surface area (Å²) in [6, 6.07) is 17.9. The highest BCUT2D eigenvalue weighted by atomic mass is 16.5. The molecule has 3 aromatic rings. The summed E-state index contributed by atoms with van der Waals surface area (Å²) in [5, 5.41) is 3.65. The first-order valence-corrected chi connectivity index (χ1v) is 10.9. The zero-order valence-corrected chi connectivity index (χ0v) is 19.1. The number of nitrogens with one attached hydrogen (secondary N) is 1. The molecule has 0 amide bonds. The Hall–Kier alpha value is -3.53. The molecule has 32 heavy (non-hydrogen) atoms. The molecule has 0 aromatic heterocycles. The third-order valence-corrected chi connectivity index (χ3v) is 6.28. The van der Waals surface area contributed by atoms with Crippen molar-refractivity contribution in [2.45, 2.75) is 39.3 Å². The molecular weight excluding hydrogens is 398 g/mol. The van der Waals surface area contributed by atoms with Gasteiger partial charge in [0.25, 0.3) is 0 Å². The Labute approximate surface area is 188 Å². The fourth-order valence-electron chi connectivity index (χ4n) is 5.13. The Morgan fingerprint density at radius 3 is 2.56 bits per heavy atom. The van der Waals surface area contributed by atoms with Gasteiger partial charge in [0.2, 0.25) is 0 Å². The zero-order valence-electron chi connectivity index (χ0n) is 19.1. The maximum Gasteiger partial charge on any atom is 0.160 e. The number of fused-ring (bicyclic) bond motifs is 5. The van der Waals surface area contributed by atoms with E-state index in [2.05, 4.69) is 44.3 Å². The summed E-state index contributed by atoms with van der Waals surface area (Å²) in [4.78, 5) is 12.5. The number of methoxy groups -OCH3 is 1. The van der Waals surface area contributed by atoms with Crippen LogP contribution in [0.25, 0.3) is 16.7 Å². The standard InChI is InChI=1S/C28H27NO3/c1-16-15-28(3,4)29-21-14-13-20-25-22(31-5)11-8-12-23(25)32-27(26(20)24(16)21)19-10-7-6-9-18(19)17(2)30/h6-15,27,29H,1-5H3. The van der Waals surface area contributed by atoms with Crippen LogP contribution < -0.4 is 14.8 Å². The van der Waals surface area contributed by atoms with Crippen LogP contribution in [-0.2, 0) is 0 Å². The second kappa shape index (κ2) is 7.27. The number of Topliss-reactive ketones (excluding diaryl/α,β-unsaturated/α-hetero) is 1. The van der Waals surface area contributed by atoms with Gasteiger partial charge in [0, 0.05) is 27.9 Å². The number of ketones is 1. The van der Waals surface area contributed by atoms with Crippen LogP contribution in [0.2, 0.25) is 0 Å². The van der Waals surface area contributed by atoms with Crippen LogP contribution in [0.15, 0.2) is 60.7 Å². The second-order valence-corrected chi connectivity index (χ2v) is 9.10. The Kier molecular flexibility index (Phi) is 4.63. The largest absolute Gasteiger partial charge is 0.496 e. The van der Waals surface area contributed by atoms with Crippen LogP contribution in [0.5, 0.6) is 11.5 Å². The Bertz CT molecular complexity index is 1290. The van der Waals surface area contributed by atoms with Crippen molar-refractivity contribution in [1.82, 2.24) is 0 Å². The van der Waals surface area contributed by atoms with Gasteiger partial charge in [-0.2, -0.15) is 0 Å². The molecule has 0 spiro atoms. The highest BCUT2D eigenvalue weighted by Crippen LogP contribution is 2.53. The third-order valence-electron chi connectivity index (χ3n) is 6.28. The predicted octanol–water partition coefficient (Wildman–Crippen LogP) is 6.65. The highest BCUT2D eigenvalue weighted by molar-refractivity contribution is 5.97. The third kappa shape index (κ3) is 3.10. The van der Waals surface area contributed by atoms with Gasteiger partial charge in [-0.3, -0.25) is 4.79 Å². The topological polar surface area (TPSA) is 47.6 Å². The van der Waals surface area contributed by atoms with Crippen molar-refractivity contribution < 1.29 is 14.3 Å². The van der Waals surface area contributed by atoms with Crippen molar-refractivity contribution in [1.29, 1.82) is 0 Å². The summed E-state index contributed by atoms with van der Waals surface area (Å²) < 4.78 is 12.4. The Morgan fingerprint density at radius 1 is 1.03 bits per heavy atom. The average Bonchev–Trinajstić information content (AvgIpc) is 2.76. The number of rotatable bonds is 3. The smallest absolute Gasteiger partial charge is 0.160 e. The molecule has 0 saturated heterocycles. The van der Waals surface area contributed by atoms with Crippen LogP contribution in [0.1, 0.15) is 60.8 Å². The van der Waals surface area contributed by atoms with E-state index in [9.17, 15) is 4.79 Å². The number of benzene rings is 3. The molecule has 1 N–H and O–H groups in total. The van der Waals surface area contributed by atoms with Gasteiger partial charge in [-0.1, -0.05) is 42.5 Å². The average molecular weight is 426 g/mol. The molecule has 4 heteroatoms. The first-order valence-electron chi connectivity index (χ1n) is 10.9. The highest BCUT2D eigenvalue weighted by Gasteiger charge is 2.36. The first kappa shape index (κ1) is 20.4. The SMILES string of the molecule is COc1cccc2c1-c1ccc3c(c1C(c1ccccc1C(C)=O)O2)C(C)=CC(C)(C)N3. The van der Waals surface area contributed by atoms with Crippen molar-refractivity contribution in [3.8, 4) is 22.6 Å². The Morgan fingerprint density at radius 2 is 1.81 bits per heavy atom. The number of hydrogen-bond acceptors (Lipinski definition) is 4. The molecule has 1 atom stereocenters. The van der Waals surface area contributed by atoms with Crippen molar-refractivity contribution >= 4 is 17.0 Å². The van der Waals surface area contributed by atoms with Crippen molar-refractivity contribution in [2.75, 3.05) is 12.4 Å². The van der Waals surface area contributed by atoms with Gasteiger partial charge < -0.3 is 14.8 Å². The summed E-state index contributed by atoms with van der Waals surface area (Å²) in [7, 11) is 1.68. The van der Waals surface area contributed by atoms with Crippen molar-refractivity contribution in [3.05, 3.63) is 82.9 Å². The van der Waals surface area contributed by atoms with Gasteiger partial charge in [0.1, 0.15) is 11.5 Å². The Balaban J connectivity index is 1.86. The van der Waals surface area contributed by atoms with E-state index in [1.54, 1.807) is 14.0 Å². The van der Waals surface area contributed by atoms with Gasteiger partial charge in [-0.15, -0.1) is 0 Å². The molecular formula is C28H27NO3. The zero-order chi connectivity index (χ0) is 22.6. The minimum absolute atomic E-state index is 0.0264. The van der Waals surface area contributed by atoms with Gasteiger partial charge in [0.15, 0.2) is 11.9 Å². The molecule has 0 saturated carbocycles. The van der Waals surface area contributed by atoms with Crippen LogP contribution in [0, 0.1) is 0 Å². The molecule has 1 unspecified atom stereocenters. The van der Waals surface area contributed by atoms with Crippen molar-refractivity contribution in [3.63, 3.8) is 0 Å². The molecule has 0 fully saturated rings. The normalized spacial score (nSPS) is 17.7. The van der Waals surface area contributed by atoms with Gasteiger partial charge in [-0.25, -0.2) is 0 Å². The summed E-state index contributed by atoms with van der Waals surface area (Å²) in [6.45, 7) is 8.08. The number of ether oxygens (including phenoxy) is 2. The van der Waals surface area contributed by atoms with E-state index in [0.717, 1.165) is 45.0 Å². The van der Waals surface area contributed by atoms with Gasteiger partial charge in [-0.05, 0) is 57.0 Å². The van der Waals surface area contributed by atoms with Crippen LogP contribution in [0.4, 0.5) is 5.69 Å². The second-order valence-electron chi connectivity index (χ2n) is 9.10. The van der Waals surface area contributed by atoms with Crippen LogP contribution in [0.3, 0.4) is 0 Å². The fraction of sp³-hybridized carbons (Fsp3) is 0.250. The van der Waals surface area contributed by atoms with Crippen molar-refractivity contribution in [2.24, 2.45) is 0 Å². The molecule has 162 valence electrons. The molecule has 5 rings (SSSR count). The molecule has 0 aliphatic carbocycles. The monoisotopic (exact) mass is 425 g/mol. The lowest BCUT2D eigenvalue weighted by molar-refractivity contribution is 0.101. The number of anilines is 1. The summed E-state index contributed by atoms with van der Waals surface area (Å²) in [6.07, 6.45) is 1.84. The molecule has 0 bridgehead atoms. The maximum atomic E-state index is 12.5. The molecule has 0 radical (unpaired) electrons. The lowest BCUT2D eigenvalue weighted by Crippen LogP contribution is -2.32. The quantitative estimate of drug-likeness (QED) is 0.477. The van der Waals surface area contributed by atoms with Gasteiger partial charge >= 0.3 is 0 Å². The van der Waals surface area contributed by atoms with Crippen LogP contribution in [-0.4, -0.2) is 18.4 Å². The van der Waals surface area contributed by atoms with E-state index in [0.29, 0.717) is 5.56 Å². The number of allylic oxidation sites excluding steroid dienone is 1. The predicted molar refractivity (Wildman–Crippen MR) is 129 cm³/mol. The van der Waals surface area contributed by atoms with E-state index in [1.165, 1.54) is 5.57 Å². The summed E-state index contributed by atoms with van der Waals surface area (Å²) >= 11 is 0. The molecule has 3 aromatic carbocycles. The van der Waals surface area contributed by atoms with E-state index < -0.39 is 6.10 Å².